The number of carboxylic acids is 1. The molecule has 0 radical (unpaired) electrons. The topological polar surface area (TPSA) is 120 Å². The van der Waals surface area contributed by atoms with Gasteiger partial charge in [0.05, 0.1) is 5.69 Å². The molecule has 0 saturated heterocycles. The van der Waals surface area contributed by atoms with Crippen molar-refractivity contribution in [3.8, 4) is 5.75 Å². The summed E-state index contributed by atoms with van der Waals surface area (Å²) in [5, 5.41) is 30.6. The summed E-state index contributed by atoms with van der Waals surface area (Å²) in [6.07, 6.45) is 3.08. The predicted octanol–water partition coefficient (Wildman–Crippen LogP) is 4.57. The number of aromatic hydroxyl groups is 1. The van der Waals surface area contributed by atoms with Gasteiger partial charge in [0.1, 0.15) is 5.69 Å². The second-order valence-corrected chi connectivity index (χ2v) is 7.46. The quantitative estimate of drug-likeness (QED) is 0.487. The number of azo groups is 1. The zero-order valence-electron chi connectivity index (χ0n) is 17.0. The first-order valence-corrected chi connectivity index (χ1v) is 9.98. The molecule has 158 valence electrons. The zero-order chi connectivity index (χ0) is 22.0. The van der Waals surface area contributed by atoms with E-state index in [0.717, 1.165) is 17.6 Å². The summed E-state index contributed by atoms with van der Waals surface area (Å²) in [4.78, 5) is 23.2. The molecule has 0 bridgehead atoms. The lowest BCUT2D eigenvalue weighted by molar-refractivity contribution is -0.137. The van der Waals surface area contributed by atoms with Gasteiger partial charge in [-0.1, -0.05) is 42.5 Å². The van der Waals surface area contributed by atoms with Crippen molar-refractivity contribution in [2.75, 3.05) is 0 Å². The summed E-state index contributed by atoms with van der Waals surface area (Å²) in [6.45, 7) is 1.94. The van der Waals surface area contributed by atoms with Crippen LogP contribution in [0.1, 0.15) is 35.2 Å². The Morgan fingerprint density at radius 2 is 1.97 bits per heavy atom. The standard InChI is InChI=1S/C23H22N4O4/c1-14-21(23(31)27(26-14)11-5-10-20(28)29)25-24-19-9-4-8-18(22(19)30)17-12-15-6-2-3-7-16(15)13-17/h2-4,6-9,12,26,30H,5,10-11,13H2,1H3,(H,28,29). The maximum atomic E-state index is 12.5. The Bertz CT molecular complexity index is 1270. The predicted molar refractivity (Wildman–Crippen MR) is 117 cm³/mol. The first-order valence-electron chi connectivity index (χ1n) is 9.98. The minimum atomic E-state index is -0.910. The van der Waals surface area contributed by atoms with Gasteiger partial charge in [0, 0.05) is 18.5 Å². The minimum absolute atomic E-state index is 0.0141. The number of aromatic amines is 1. The number of rotatable bonds is 7. The summed E-state index contributed by atoms with van der Waals surface area (Å²) in [6, 6.07) is 13.3. The summed E-state index contributed by atoms with van der Waals surface area (Å²) >= 11 is 0. The Balaban J connectivity index is 1.57. The lowest BCUT2D eigenvalue weighted by Gasteiger charge is -2.07. The molecule has 1 aromatic heterocycles. The van der Waals surface area contributed by atoms with Crippen LogP contribution in [-0.4, -0.2) is 26.0 Å². The number of carbonyl (C=O) groups is 1. The molecular formula is C23H22N4O4. The highest BCUT2D eigenvalue weighted by atomic mass is 16.4. The molecule has 0 amide bonds. The van der Waals surface area contributed by atoms with Crippen molar-refractivity contribution in [2.45, 2.75) is 32.7 Å². The third kappa shape index (κ3) is 4.18. The van der Waals surface area contributed by atoms with Crippen molar-refractivity contribution >= 4 is 29.0 Å². The lowest BCUT2D eigenvalue weighted by atomic mass is 10.0. The van der Waals surface area contributed by atoms with Gasteiger partial charge in [-0.25, -0.2) is 0 Å². The highest BCUT2D eigenvalue weighted by molar-refractivity contribution is 5.91. The van der Waals surface area contributed by atoms with Gasteiger partial charge in [0.15, 0.2) is 11.4 Å². The molecule has 8 nitrogen and oxygen atoms in total. The Morgan fingerprint density at radius 1 is 1.16 bits per heavy atom. The van der Waals surface area contributed by atoms with Crippen LogP contribution in [0.2, 0.25) is 0 Å². The molecule has 1 aliphatic carbocycles. The zero-order valence-corrected chi connectivity index (χ0v) is 17.0. The number of phenolic OH excluding ortho intramolecular Hbond substituents is 1. The fraction of sp³-hybridized carbons (Fsp3) is 0.217. The van der Waals surface area contributed by atoms with Crippen LogP contribution in [0, 0.1) is 6.92 Å². The van der Waals surface area contributed by atoms with E-state index >= 15 is 0 Å². The molecule has 0 aliphatic heterocycles. The maximum Gasteiger partial charge on any atom is 0.303 e. The summed E-state index contributed by atoms with van der Waals surface area (Å²) in [7, 11) is 0. The van der Waals surface area contributed by atoms with E-state index in [1.165, 1.54) is 10.2 Å². The van der Waals surface area contributed by atoms with E-state index in [1.807, 2.05) is 24.3 Å². The molecule has 0 unspecified atom stereocenters. The molecule has 0 saturated carbocycles. The van der Waals surface area contributed by atoms with Crippen molar-refractivity contribution in [3.05, 3.63) is 75.2 Å². The Kier molecular flexibility index (Phi) is 5.53. The van der Waals surface area contributed by atoms with Gasteiger partial charge in [0.25, 0.3) is 5.56 Å². The second-order valence-electron chi connectivity index (χ2n) is 7.46. The molecule has 3 N–H and O–H groups in total. The van der Waals surface area contributed by atoms with E-state index in [-0.39, 0.29) is 35.6 Å². The fourth-order valence-corrected chi connectivity index (χ4v) is 3.69. The largest absolute Gasteiger partial charge is 0.505 e. The van der Waals surface area contributed by atoms with Crippen LogP contribution in [0.5, 0.6) is 5.75 Å². The number of H-pyrrole nitrogens is 1. The van der Waals surface area contributed by atoms with Crippen LogP contribution < -0.4 is 5.56 Å². The van der Waals surface area contributed by atoms with Gasteiger partial charge >= 0.3 is 5.97 Å². The molecule has 0 spiro atoms. The number of carboxylic acid groups (broad SMARTS) is 1. The fourth-order valence-electron chi connectivity index (χ4n) is 3.69. The average molecular weight is 418 g/mol. The number of aliphatic carboxylic acids is 1. The molecular weight excluding hydrogens is 396 g/mol. The number of para-hydroxylation sites is 1. The normalized spacial score (nSPS) is 12.9. The highest BCUT2D eigenvalue weighted by Crippen LogP contribution is 2.40. The van der Waals surface area contributed by atoms with Crippen molar-refractivity contribution in [2.24, 2.45) is 10.2 Å². The monoisotopic (exact) mass is 418 g/mol. The van der Waals surface area contributed by atoms with Gasteiger partial charge in [-0.05, 0) is 42.5 Å². The Labute approximate surface area is 178 Å². The van der Waals surface area contributed by atoms with E-state index in [1.54, 1.807) is 19.1 Å². The lowest BCUT2D eigenvalue weighted by Crippen LogP contribution is -2.17. The Hall–Kier alpha value is -3.94. The van der Waals surface area contributed by atoms with Gasteiger partial charge < -0.3 is 10.2 Å². The molecule has 1 heterocycles. The van der Waals surface area contributed by atoms with E-state index < -0.39 is 5.97 Å². The second kappa shape index (κ2) is 8.43. The van der Waals surface area contributed by atoms with Crippen LogP contribution in [0.25, 0.3) is 11.6 Å². The molecule has 31 heavy (non-hydrogen) atoms. The number of nitrogens with zero attached hydrogens (tertiary/aromatic N) is 3. The van der Waals surface area contributed by atoms with E-state index in [4.69, 9.17) is 5.11 Å². The number of nitrogens with one attached hydrogen (secondary N) is 1. The number of phenols is 1. The first kappa shape index (κ1) is 20.3. The molecule has 4 rings (SSSR count). The number of aromatic nitrogens is 2. The van der Waals surface area contributed by atoms with E-state index in [9.17, 15) is 14.7 Å². The van der Waals surface area contributed by atoms with Crippen molar-refractivity contribution in [1.82, 2.24) is 9.78 Å². The summed E-state index contributed by atoms with van der Waals surface area (Å²) in [5.41, 5.74) is 4.56. The number of aryl methyl sites for hydroxylation is 2. The first-order chi connectivity index (χ1) is 14.9. The van der Waals surface area contributed by atoms with Gasteiger partial charge in [-0.2, -0.15) is 0 Å². The van der Waals surface area contributed by atoms with Crippen molar-refractivity contribution in [3.63, 3.8) is 0 Å². The van der Waals surface area contributed by atoms with Gasteiger partial charge in [0.2, 0.25) is 0 Å². The number of allylic oxidation sites excluding steroid dienone is 1. The van der Waals surface area contributed by atoms with Crippen LogP contribution in [0.4, 0.5) is 11.4 Å². The smallest absolute Gasteiger partial charge is 0.303 e. The Morgan fingerprint density at radius 3 is 2.74 bits per heavy atom. The van der Waals surface area contributed by atoms with Crippen LogP contribution in [0.15, 0.2) is 57.5 Å². The summed E-state index contributed by atoms with van der Waals surface area (Å²) < 4.78 is 1.32. The van der Waals surface area contributed by atoms with Crippen molar-refractivity contribution in [1.29, 1.82) is 0 Å². The molecule has 2 aromatic carbocycles. The van der Waals surface area contributed by atoms with Crippen molar-refractivity contribution < 1.29 is 15.0 Å². The van der Waals surface area contributed by atoms with E-state index in [0.29, 0.717) is 17.7 Å². The molecule has 0 fully saturated rings. The van der Waals surface area contributed by atoms with Crippen LogP contribution >= 0.6 is 0 Å². The van der Waals surface area contributed by atoms with Gasteiger partial charge in [-0.15, -0.1) is 10.2 Å². The molecule has 3 aromatic rings. The van der Waals surface area contributed by atoms with Gasteiger partial charge in [-0.3, -0.25) is 19.4 Å². The van der Waals surface area contributed by atoms with E-state index in [2.05, 4.69) is 27.5 Å². The number of benzene rings is 2. The van der Waals surface area contributed by atoms with Crippen LogP contribution in [-0.2, 0) is 17.8 Å². The number of hydrogen-bond donors (Lipinski definition) is 3. The number of hydrogen-bond acceptors (Lipinski definition) is 5. The highest BCUT2D eigenvalue weighted by Gasteiger charge is 2.18. The molecule has 8 heteroatoms. The minimum Gasteiger partial charge on any atom is -0.505 e. The maximum absolute atomic E-state index is 12.5. The SMILES string of the molecule is Cc1[nH]n(CCCC(=O)O)c(=O)c1N=Nc1cccc(C2=Cc3ccccc3C2)c1O. The van der Waals surface area contributed by atoms with Crippen LogP contribution in [0.3, 0.4) is 0 Å². The third-order valence-corrected chi connectivity index (χ3v) is 5.26. The molecule has 0 atom stereocenters. The molecule has 1 aliphatic rings. The third-order valence-electron chi connectivity index (χ3n) is 5.26. The average Bonchev–Trinajstić information content (AvgIpc) is 3.28. The summed E-state index contributed by atoms with van der Waals surface area (Å²) in [5.74, 6) is -0.896. The number of fused-ring (bicyclic) bond motifs is 1.